The van der Waals surface area contributed by atoms with Gasteiger partial charge in [0.05, 0.1) is 27.0 Å². The number of amides is 1. The second kappa shape index (κ2) is 12.0. The van der Waals surface area contributed by atoms with Crippen LogP contribution in [0.1, 0.15) is 11.1 Å². The molecule has 7 heteroatoms. The monoisotopic (exact) mass is 434 g/mol. The number of hydrogen-bond donors (Lipinski definition) is 1. The summed E-state index contributed by atoms with van der Waals surface area (Å²) in [4.78, 5) is 12.0. The van der Waals surface area contributed by atoms with Crippen molar-refractivity contribution in [1.82, 2.24) is 5.43 Å². The summed E-state index contributed by atoms with van der Waals surface area (Å²) in [5, 5.41) is 3.97. The van der Waals surface area contributed by atoms with Gasteiger partial charge in [0.15, 0.2) is 29.6 Å². The molecule has 0 spiro atoms. The van der Waals surface area contributed by atoms with Crippen molar-refractivity contribution in [2.24, 2.45) is 5.10 Å². The van der Waals surface area contributed by atoms with Crippen LogP contribution in [0.25, 0.3) is 0 Å². The van der Waals surface area contributed by atoms with Crippen LogP contribution in [0.5, 0.6) is 23.0 Å². The molecule has 166 valence electrons. The average molecular weight is 434 g/mol. The fourth-order valence-electron chi connectivity index (χ4n) is 2.90. The molecular formula is C25H26N2O5. The van der Waals surface area contributed by atoms with E-state index < -0.39 is 0 Å². The van der Waals surface area contributed by atoms with Crippen LogP contribution in [0.3, 0.4) is 0 Å². The molecule has 0 unspecified atom stereocenters. The SMILES string of the molecule is COc1cc(/C=N/NC(=O)COc2ccccc2OC)ccc1OCCc1ccccc1. The van der Waals surface area contributed by atoms with Gasteiger partial charge in [-0.25, -0.2) is 5.43 Å². The fourth-order valence-corrected chi connectivity index (χ4v) is 2.90. The van der Waals surface area contributed by atoms with Gasteiger partial charge in [-0.05, 0) is 41.5 Å². The largest absolute Gasteiger partial charge is 0.493 e. The van der Waals surface area contributed by atoms with Crippen LogP contribution in [0.4, 0.5) is 0 Å². The molecule has 0 radical (unpaired) electrons. The van der Waals surface area contributed by atoms with Crippen LogP contribution in [0, 0.1) is 0 Å². The number of hydrazone groups is 1. The van der Waals surface area contributed by atoms with Gasteiger partial charge in [0, 0.05) is 6.42 Å². The molecule has 0 saturated carbocycles. The number of para-hydroxylation sites is 2. The van der Waals surface area contributed by atoms with Crippen LogP contribution in [0.2, 0.25) is 0 Å². The molecule has 3 rings (SSSR count). The van der Waals surface area contributed by atoms with Gasteiger partial charge in [-0.3, -0.25) is 4.79 Å². The molecule has 0 bridgehead atoms. The Labute approximate surface area is 187 Å². The molecule has 3 aromatic rings. The van der Waals surface area contributed by atoms with Crippen molar-refractivity contribution in [2.45, 2.75) is 6.42 Å². The lowest BCUT2D eigenvalue weighted by molar-refractivity contribution is -0.123. The number of benzene rings is 3. The van der Waals surface area contributed by atoms with E-state index in [2.05, 4.69) is 22.7 Å². The third-order valence-electron chi connectivity index (χ3n) is 4.51. The molecule has 7 nitrogen and oxygen atoms in total. The number of nitrogens with zero attached hydrogens (tertiary/aromatic N) is 1. The smallest absolute Gasteiger partial charge is 0.277 e. The van der Waals surface area contributed by atoms with Gasteiger partial charge in [0.25, 0.3) is 5.91 Å². The highest BCUT2D eigenvalue weighted by Gasteiger charge is 2.07. The van der Waals surface area contributed by atoms with Crippen LogP contribution >= 0.6 is 0 Å². The molecule has 1 amide bonds. The Hall–Kier alpha value is -4.00. The summed E-state index contributed by atoms with van der Waals surface area (Å²) in [5.74, 6) is 1.89. The maximum Gasteiger partial charge on any atom is 0.277 e. The highest BCUT2D eigenvalue weighted by molar-refractivity contribution is 5.83. The summed E-state index contributed by atoms with van der Waals surface area (Å²) in [6.07, 6.45) is 2.33. The Bertz CT molecular complexity index is 1040. The van der Waals surface area contributed by atoms with E-state index in [9.17, 15) is 4.79 Å². The number of hydrogen-bond acceptors (Lipinski definition) is 6. The zero-order chi connectivity index (χ0) is 22.6. The summed E-state index contributed by atoms with van der Waals surface area (Å²) in [6, 6.07) is 22.7. The van der Waals surface area contributed by atoms with Crippen molar-refractivity contribution in [3.05, 3.63) is 83.9 Å². The van der Waals surface area contributed by atoms with Crippen molar-refractivity contribution in [1.29, 1.82) is 0 Å². The van der Waals surface area contributed by atoms with Crippen molar-refractivity contribution in [2.75, 3.05) is 27.4 Å². The summed E-state index contributed by atoms with van der Waals surface area (Å²) in [5.41, 5.74) is 4.40. The quantitative estimate of drug-likeness (QED) is 0.366. The minimum Gasteiger partial charge on any atom is -0.493 e. The topological polar surface area (TPSA) is 78.4 Å². The average Bonchev–Trinajstić information content (AvgIpc) is 2.84. The Morgan fingerprint density at radius 1 is 0.844 bits per heavy atom. The van der Waals surface area contributed by atoms with Gasteiger partial charge in [-0.15, -0.1) is 0 Å². The summed E-state index contributed by atoms with van der Waals surface area (Å²) in [7, 11) is 3.12. The molecule has 0 aromatic heterocycles. The van der Waals surface area contributed by atoms with Crippen LogP contribution in [0.15, 0.2) is 77.9 Å². The zero-order valence-electron chi connectivity index (χ0n) is 18.1. The van der Waals surface area contributed by atoms with Gasteiger partial charge in [-0.2, -0.15) is 5.10 Å². The number of carbonyl (C=O) groups is 1. The first-order valence-electron chi connectivity index (χ1n) is 10.1. The van der Waals surface area contributed by atoms with E-state index in [-0.39, 0.29) is 12.5 Å². The molecule has 32 heavy (non-hydrogen) atoms. The van der Waals surface area contributed by atoms with E-state index in [0.29, 0.717) is 29.6 Å². The first kappa shape index (κ1) is 22.7. The molecule has 0 atom stereocenters. The minimum absolute atomic E-state index is 0.185. The Balaban J connectivity index is 1.49. The van der Waals surface area contributed by atoms with Crippen molar-refractivity contribution >= 4 is 12.1 Å². The van der Waals surface area contributed by atoms with Gasteiger partial charge < -0.3 is 18.9 Å². The predicted octanol–water partition coefficient (Wildman–Crippen LogP) is 3.85. The van der Waals surface area contributed by atoms with E-state index in [0.717, 1.165) is 12.0 Å². The number of ether oxygens (including phenoxy) is 4. The van der Waals surface area contributed by atoms with Gasteiger partial charge >= 0.3 is 0 Å². The normalized spacial score (nSPS) is 10.6. The van der Waals surface area contributed by atoms with Gasteiger partial charge in [-0.1, -0.05) is 42.5 Å². The second-order valence-corrected chi connectivity index (χ2v) is 6.73. The number of nitrogens with one attached hydrogen (secondary N) is 1. The lowest BCUT2D eigenvalue weighted by Crippen LogP contribution is -2.24. The van der Waals surface area contributed by atoms with Gasteiger partial charge in [0.2, 0.25) is 0 Å². The van der Waals surface area contributed by atoms with E-state index >= 15 is 0 Å². The Morgan fingerprint density at radius 2 is 1.53 bits per heavy atom. The summed E-state index contributed by atoms with van der Waals surface area (Å²) < 4.78 is 21.9. The molecule has 0 aliphatic rings. The maximum absolute atomic E-state index is 12.0. The summed E-state index contributed by atoms with van der Waals surface area (Å²) in [6.45, 7) is 0.352. The number of rotatable bonds is 11. The lowest BCUT2D eigenvalue weighted by Gasteiger charge is -2.11. The van der Waals surface area contributed by atoms with E-state index in [1.807, 2.05) is 36.4 Å². The maximum atomic E-state index is 12.0. The third-order valence-corrected chi connectivity index (χ3v) is 4.51. The van der Waals surface area contributed by atoms with Crippen LogP contribution in [-0.2, 0) is 11.2 Å². The number of carbonyl (C=O) groups excluding carboxylic acids is 1. The van der Waals surface area contributed by atoms with Crippen LogP contribution < -0.4 is 24.4 Å². The Morgan fingerprint density at radius 3 is 2.28 bits per heavy atom. The first-order chi connectivity index (χ1) is 15.7. The molecule has 0 heterocycles. The van der Waals surface area contributed by atoms with E-state index in [1.54, 1.807) is 38.5 Å². The minimum atomic E-state index is -0.389. The highest BCUT2D eigenvalue weighted by Crippen LogP contribution is 2.28. The third kappa shape index (κ3) is 6.77. The number of methoxy groups -OCH3 is 2. The second-order valence-electron chi connectivity index (χ2n) is 6.73. The van der Waals surface area contributed by atoms with E-state index in [4.69, 9.17) is 18.9 Å². The molecule has 0 fully saturated rings. The highest BCUT2D eigenvalue weighted by atomic mass is 16.5. The predicted molar refractivity (Wildman–Crippen MR) is 123 cm³/mol. The first-order valence-corrected chi connectivity index (χ1v) is 10.1. The molecular weight excluding hydrogens is 408 g/mol. The lowest BCUT2D eigenvalue weighted by atomic mass is 10.2. The Kier molecular flexibility index (Phi) is 8.50. The molecule has 3 aromatic carbocycles. The molecule has 0 aliphatic carbocycles. The van der Waals surface area contributed by atoms with Crippen molar-refractivity contribution in [3.63, 3.8) is 0 Å². The molecule has 0 aliphatic heterocycles. The zero-order valence-corrected chi connectivity index (χ0v) is 18.1. The van der Waals surface area contributed by atoms with Crippen molar-refractivity contribution in [3.8, 4) is 23.0 Å². The molecule has 1 N–H and O–H groups in total. The fraction of sp³-hybridized carbons (Fsp3) is 0.200. The van der Waals surface area contributed by atoms with E-state index in [1.165, 1.54) is 11.8 Å². The molecule has 0 saturated heterocycles. The summed E-state index contributed by atoms with van der Waals surface area (Å²) >= 11 is 0. The van der Waals surface area contributed by atoms with Gasteiger partial charge in [0.1, 0.15) is 0 Å². The van der Waals surface area contributed by atoms with Crippen LogP contribution in [-0.4, -0.2) is 39.6 Å². The standard InChI is InChI=1S/C25H26N2O5/c1-29-21-10-6-7-11-22(21)32-18-25(28)27-26-17-20-12-13-23(24(16-20)30-2)31-15-14-19-8-4-3-5-9-19/h3-13,16-17H,14-15,18H2,1-2H3,(H,27,28)/b26-17+. The van der Waals surface area contributed by atoms with Crippen molar-refractivity contribution < 1.29 is 23.7 Å².